The molecule has 1 aromatic carbocycles. The van der Waals surface area contributed by atoms with Crippen molar-refractivity contribution in [1.29, 1.82) is 0 Å². The summed E-state index contributed by atoms with van der Waals surface area (Å²) in [7, 11) is 0. The first-order valence-electron chi connectivity index (χ1n) is 4.37. The van der Waals surface area contributed by atoms with Crippen molar-refractivity contribution in [2.24, 2.45) is 0 Å². The van der Waals surface area contributed by atoms with Crippen LogP contribution in [0, 0.1) is 10.1 Å². The number of benzene rings is 1. The molecule has 0 heterocycles. The highest BCUT2D eigenvalue weighted by atomic mass is 16.6. The standard InChI is InChI=1S/C10H11NO3/c12-8-4-7-10(11(13)14)9-5-2-1-3-6-9/h1-3,5-6,8,10H,4,7H2. The smallest absolute Gasteiger partial charge is 0.238 e. The zero-order valence-electron chi connectivity index (χ0n) is 7.63. The minimum atomic E-state index is -0.763. The van der Waals surface area contributed by atoms with E-state index in [0.717, 1.165) is 0 Å². The van der Waals surface area contributed by atoms with Crippen LogP contribution in [0.2, 0.25) is 0 Å². The maximum absolute atomic E-state index is 10.7. The van der Waals surface area contributed by atoms with Crippen molar-refractivity contribution >= 4 is 6.29 Å². The molecule has 0 aliphatic rings. The Bertz CT molecular complexity index is 310. The van der Waals surface area contributed by atoms with Crippen LogP contribution in [0.5, 0.6) is 0 Å². The first-order chi connectivity index (χ1) is 6.75. The topological polar surface area (TPSA) is 60.2 Å². The zero-order chi connectivity index (χ0) is 10.4. The first kappa shape index (κ1) is 10.4. The summed E-state index contributed by atoms with van der Waals surface area (Å²) in [5.41, 5.74) is 0.652. The molecule has 0 amide bonds. The van der Waals surface area contributed by atoms with Crippen LogP contribution in [-0.2, 0) is 4.79 Å². The van der Waals surface area contributed by atoms with Gasteiger partial charge >= 0.3 is 0 Å². The highest BCUT2D eigenvalue weighted by Gasteiger charge is 2.21. The van der Waals surface area contributed by atoms with Gasteiger partial charge in [-0.05, 0) is 0 Å². The van der Waals surface area contributed by atoms with Gasteiger partial charge in [0.25, 0.3) is 0 Å². The number of hydrogen-bond donors (Lipinski definition) is 0. The molecule has 1 unspecified atom stereocenters. The van der Waals surface area contributed by atoms with Gasteiger partial charge in [-0.1, -0.05) is 30.3 Å². The largest absolute Gasteiger partial charge is 0.303 e. The van der Waals surface area contributed by atoms with Gasteiger partial charge in [0.05, 0.1) is 0 Å². The van der Waals surface area contributed by atoms with Crippen molar-refractivity contribution in [3.05, 3.63) is 46.0 Å². The van der Waals surface area contributed by atoms with Crippen LogP contribution >= 0.6 is 0 Å². The van der Waals surface area contributed by atoms with Gasteiger partial charge in [-0.2, -0.15) is 0 Å². The highest BCUT2D eigenvalue weighted by molar-refractivity contribution is 5.49. The van der Waals surface area contributed by atoms with Crippen molar-refractivity contribution in [3.8, 4) is 0 Å². The SMILES string of the molecule is O=CCCC(c1ccccc1)[N+](=O)[O-]. The second kappa shape index (κ2) is 5.11. The second-order valence-electron chi connectivity index (χ2n) is 2.96. The summed E-state index contributed by atoms with van der Waals surface area (Å²) in [4.78, 5) is 20.5. The van der Waals surface area contributed by atoms with Gasteiger partial charge in [0.15, 0.2) is 0 Å². The minimum absolute atomic E-state index is 0.223. The molecule has 74 valence electrons. The summed E-state index contributed by atoms with van der Waals surface area (Å²) in [5.74, 6) is 0. The maximum Gasteiger partial charge on any atom is 0.238 e. The summed E-state index contributed by atoms with van der Waals surface area (Å²) in [6.45, 7) is 0. The monoisotopic (exact) mass is 193 g/mol. The number of carbonyl (C=O) groups is 1. The zero-order valence-corrected chi connectivity index (χ0v) is 7.63. The molecule has 0 spiro atoms. The van der Waals surface area contributed by atoms with E-state index in [9.17, 15) is 14.9 Å². The average Bonchev–Trinajstić information content (AvgIpc) is 2.19. The van der Waals surface area contributed by atoms with Crippen LogP contribution in [0.1, 0.15) is 24.4 Å². The molecule has 0 fully saturated rings. The van der Waals surface area contributed by atoms with E-state index in [-0.39, 0.29) is 17.8 Å². The molecule has 14 heavy (non-hydrogen) atoms. The lowest BCUT2D eigenvalue weighted by atomic mass is 10.0. The van der Waals surface area contributed by atoms with E-state index in [4.69, 9.17) is 0 Å². The summed E-state index contributed by atoms with van der Waals surface area (Å²) in [6, 6.07) is 7.97. The first-order valence-corrected chi connectivity index (χ1v) is 4.37. The third-order valence-corrected chi connectivity index (χ3v) is 2.00. The Morgan fingerprint density at radius 3 is 2.50 bits per heavy atom. The van der Waals surface area contributed by atoms with E-state index < -0.39 is 6.04 Å². The molecule has 0 saturated heterocycles. The normalized spacial score (nSPS) is 12.0. The molecule has 4 nitrogen and oxygen atoms in total. The fraction of sp³-hybridized carbons (Fsp3) is 0.300. The average molecular weight is 193 g/mol. The molecule has 4 heteroatoms. The Hall–Kier alpha value is -1.71. The van der Waals surface area contributed by atoms with E-state index in [1.54, 1.807) is 30.3 Å². The number of nitrogens with zero attached hydrogens (tertiary/aromatic N) is 1. The number of nitro groups is 1. The predicted octanol–water partition coefficient (Wildman–Crippen LogP) is 1.98. The number of rotatable bonds is 5. The van der Waals surface area contributed by atoms with Gasteiger partial charge in [0, 0.05) is 23.3 Å². The summed E-state index contributed by atoms with van der Waals surface area (Å²) in [6.07, 6.45) is 1.19. The predicted molar refractivity (Wildman–Crippen MR) is 51.5 cm³/mol. The summed E-state index contributed by atoms with van der Waals surface area (Å²) >= 11 is 0. The summed E-state index contributed by atoms with van der Waals surface area (Å²) in [5, 5.41) is 10.7. The number of carbonyl (C=O) groups excluding carboxylic acids is 1. The van der Waals surface area contributed by atoms with E-state index in [1.165, 1.54) is 0 Å². The Balaban J connectivity index is 2.78. The molecule has 1 rings (SSSR count). The minimum Gasteiger partial charge on any atom is -0.303 e. The Morgan fingerprint density at radius 1 is 1.36 bits per heavy atom. The Labute approximate surface area is 81.7 Å². The van der Waals surface area contributed by atoms with Crippen LogP contribution in [0.3, 0.4) is 0 Å². The Kier molecular flexibility index (Phi) is 3.79. The molecular weight excluding hydrogens is 182 g/mol. The molecular formula is C10H11NO3. The van der Waals surface area contributed by atoms with E-state index >= 15 is 0 Å². The fourth-order valence-corrected chi connectivity index (χ4v) is 1.29. The van der Waals surface area contributed by atoms with Gasteiger partial charge in [0.2, 0.25) is 6.04 Å². The molecule has 0 aliphatic carbocycles. The van der Waals surface area contributed by atoms with Crippen molar-refractivity contribution in [3.63, 3.8) is 0 Å². The van der Waals surface area contributed by atoms with Crippen molar-refractivity contribution < 1.29 is 9.72 Å². The van der Waals surface area contributed by atoms with Gasteiger partial charge in [-0.15, -0.1) is 0 Å². The lowest BCUT2D eigenvalue weighted by molar-refractivity contribution is -0.529. The fourth-order valence-electron chi connectivity index (χ4n) is 1.29. The van der Waals surface area contributed by atoms with Crippen molar-refractivity contribution in [2.75, 3.05) is 0 Å². The maximum atomic E-state index is 10.7. The molecule has 1 atom stereocenters. The number of hydrogen-bond acceptors (Lipinski definition) is 3. The lowest BCUT2D eigenvalue weighted by Crippen LogP contribution is -2.10. The molecule has 1 aromatic rings. The van der Waals surface area contributed by atoms with E-state index in [0.29, 0.717) is 11.8 Å². The molecule has 0 bridgehead atoms. The van der Waals surface area contributed by atoms with E-state index in [2.05, 4.69) is 0 Å². The third kappa shape index (κ3) is 2.65. The van der Waals surface area contributed by atoms with Crippen LogP contribution < -0.4 is 0 Å². The van der Waals surface area contributed by atoms with Crippen LogP contribution in [0.15, 0.2) is 30.3 Å². The van der Waals surface area contributed by atoms with Gasteiger partial charge < -0.3 is 4.79 Å². The Morgan fingerprint density at radius 2 is 2.00 bits per heavy atom. The quantitative estimate of drug-likeness (QED) is 0.408. The lowest BCUT2D eigenvalue weighted by Gasteiger charge is -2.07. The van der Waals surface area contributed by atoms with Crippen molar-refractivity contribution in [1.82, 2.24) is 0 Å². The van der Waals surface area contributed by atoms with Gasteiger partial charge in [-0.3, -0.25) is 10.1 Å². The van der Waals surface area contributed by atoms with E-state index in [1.807, 2.05) is 0 Å². The van der Waals surface area contributed by atoms with Crippen LogP contribution in [0.25, 0.3) is 0 Å². The second-order valence-corrected chi connectivity index (χ2v) is 2.96. The molecule has 0 radical (unpaired) electrons. The third-order valence-electron chi connectivity index (χ3n) is 2.00. The van der Waals surface area contributed by atoms with Gasteiger partial charge in [0.1, 0.15) is 6.29 Å². The van der Waals surface area contributed by atoms with Gasteiger partial charge in [-0.25, -0.2) is 0 Å². The number of aldehydes is 1. The highest BCUT2D eigenvalue weighted by Crippen LogP contribution is 2.20. The molecule has 0 aliphatic heterocycles. The van der Waals surface area contributed by atoms with Crippen LogP contribution in [0.4, 0.5) is 0 Å². The van der Waals surface area contributed by atoms with Crippen LogP contribution in [-0.4, -0.2) is 11.2 Å². The molecule has 0 aromatic heterocycles. The molecule has 0 N–H and O–H groups in total. The summed E-state index contributed by atoms with van der Waals surface area (Å²) < 4.78 is 0. The van der Waals surface area contributed by atoms with Crippen molar-refractivity contribution in [2.45, 2.75) is 18.9 Å². The molecule has 0 saturated carbocycles.